The van der Waals surface area contributed by atoms with Crippen LogP contribution in [0.2, 0.25) is 0 Å². The molecule has 2 aromatic rings. The zero-order valence-corrected chi connectivity index (χ0v) is 10.9. The number of aromatic nitrogens is 1. The highest BCUT2D eigenvalue weighted by molar-refractivity contribution is 9.10. The van der Waals surface area contributed by atoms with Gasteiger partial charge < -0.3 is 4.74 Å². The van der Waals surface area contributed by atoms with Gasteiger partial charge in [-0.05, 0) is 32.0 Å². The highest BCUT2D eigenvalue weighted by Crippen LogP contribution is 2.29. The van der Waals surface area contributed by atoms with Crippen molar-refractivity contribution < 1.29 is 4.74 Å². The van der Waals surface area contributed by atoms with E-state index in [0.717, 1.165) is 15.9 Å². The first-order chi connectivity index (χ1) is 7.15. The maximum atomic E-state index is 5.64. The van der Waals surface area contributed by atoms with Gasteiger partial charge in [-0.2, -0.15) is 0 Å². The maximum absolute atomic E-state index is 5.64. The molecule has 15 heavy (non-hydrogen) atoms. The Kier molecular flexibility index (Phi) is 3.07. The lowest BCUT2D eigenvalue weighted by Gasteiger charge is -2.00. The summed E-state index contributed by atoms with van der Waals surface area (Å²) in [6.07, 6.45) is 0. The van der Waals surface area contributed by atoms with Crippen LogP contribution in [0, 0.1) is 13.8 Å². The summed E-state index contributed by atoms with van der Waals surface area (Å²) >= 11 is 4.96. The molecular weight excluding hydrogens is 274 g/mol. The Labute approximate surface area is 101 Å². The van der Waals surface area contributed by atoms with Gasteiger partial charge in [-0.15, -0.1) is 0 Å². The van der Waals surface area contributed by atoms with E-state index < -0.39 is 0 Å². The van der Waals surface area contributed by atoms with Crippen molar-refractivity contribution in [1.29, 1.82) is 0 Å². The molecule has 1 heterocycles. The fraction of sp³-hybridized carbons (Fsp3) is 0.182. The minimum atomic E-state index is 0.697. The lowest BCUT2D eigenvalue weighted by atomic mass is 10.3. The summed E-state index contributed by atoms with van der Waals surface area (Å²) in [6.45, 7) is 4.03. The monoisotopic (exact) mass is 283 g/mol. The Morgan fingerprint density at radius 1 is 1.33 bits per heavy atom. The molecule has 0 aliphatic rings. The predicted octanol–water partition coefficient (Wildman–Crippen LogP) is 4.31. The van der Waals surface area contributed by atoms with Gasteiger partial charge in [0, 0.05) is 9.35 Å². The van der Waals surface area contributed by atoms with Crippen molar-refractivity contribution in [3.63, 3.8) is 0 Å². The van der Waals surface area contributed by atoms with Gasteiger partial charge in [-0.1, -0.05) is 33.3 Å². The number of hydrogen-bond donors (Lipinski definition) is 0. The number of rotatable bonds is 2. The minimum Gasteiger partial charge on any atom is -0.431 e. The van der Waals surface area contributed by atoms with E-state index in [1.54, 1.807) is 11.3 Å². The van der Waals surface area contributed by atoms with Crippen molar-refractivity contribution in [3.05, 3.63) is 39.3 Å². The second kappa shape index (κ2) is 4.33. The molecule has 0 bridgehead atoms. The van der Waals surface area contributed by atoms with E-state index in [1.807, 2.05) is 38.1 Å². The zero-order chi connectivity index (χ0) is 10.8. The Hall–Kier alpha value is -0.870. The minimum absolute atomic E-state index is 0.697. The molecule has 0 unspecified atom stereocenters. The third-order valence-electron chi connectivity index (χ3n) is 2.01. The van der Waals surface area contributed by atoms with Gasteiger partial charge in [-0.25, -0.2) is 4.98 Å². The molecule has 2 nitrogen and oxygen atoms in total. The van der Waals surface area contributed by atoms with Crippen molar-refractivity contribution in [2.75, 3.05) is 0 Å². The average molecular weight is 284 g/mol. The zero-order valence-electron chi connectivity index (χ0n) is 8.45. The molecule has 0 amide bonds. The normalized spacial score (nSPS) is 10.3. The smallest absolute Gasteiger partial charge is 0.279 e. The van der Waals surface area contributed by atoms with Crippen molar-refractivity contribution in [2.24, 2.45) is 0 Å². The highest BCUT2D eigenvalue weighted by Gasteiger charge is 2.05. The van der Waals surface area contributed by atoms with Gasteiger partial charge in [0.1, 0.15) is 5.75 Å². The fourth-order valence-electron chi connectivity index (χ4n) is 1.12. The predicted molar refractivity (Wildman–Crippen MR) is 65.8 cm³/mol. The number of hydrogen-bond acceptors (Lipinski definition) is 3. The third kappa shape index (κ3) is 2.58. The Morgan fingerprint density at radius 2 is 2.13 bits per heavy atom. The van der Waals surface area contributed by atoms with E-state index >= 15 is 0 Å². The summed E-state index contributed by atoms with van der Waals surface area (Å²) in [5, 5.41) is 0.697. The quantitative estimate of drug-likeness (QED) is 0.819. The standard InChI is InChI=1S/C11H10BrNOS/c1-7-8(2)15-11(13-7)14-10-5-3-4-9(12)6-10/h3-6H,1-2H3. The number of ether oxygens (including phenoxy) is 1. The molecule has 0 aliphatic heterocycles. The first-order valence-corrected chi connectivity index (χ1v) is 6.13. The van der Waals surface area contributed by atoms with Crippen LogP contribution in [0.15, 0.2) is 28.7 Å². The first kappa shape index (κ1) is 10.6. The van der Waals surface area contributed by atoms with Crippen LogP contribution in [0.4, 0.5) is 0 Å². The van der Waals surface area contributed by atoms with E-state index in [4.69, 9.17) is 4.74 Å². The Bertz CT molecular complexity index is 462. The Morgan fingerprint density at radius 3 is 2.73 bits per heavy atom. The van der Waals surface area contributed by atoms with Crippen LogP contribution in [0.3, 0.4) is 0 Å². The fourth-order valence-corrected chi connectivity index (χ4v) is 2.27. The van der Waals surface area contributed by atoms with E-state index in [2.05, 4.69) is 20.9 Å². The van der Waals surface area contributed by atoms with Crippen LogP contribution in [0.1, 0.15) is 10.6 Å². The van der Waals surface area contributed by atoms with Gasteiger partial charge >= 0.3 is 0 Å². The molecule has 4 heteroatoms. The van der Waals surface area contributed by atoms with Gasteiger partial charge in [0.2, 0.25) is 0 Å². The summed E-state index contributed by atoms with van der Waals surface area (Å²) < 4.78 is 6.64. The lowest BCUT2D eigenvalue weighted by molar-refractivity contribution is 0.477. The molecule has 0 spiro atoms. The molecule has 0 saturated heterocycles. The number of benzene rings is 1. The molecule has 78 valence electrons. The average Bonchev–Trinajstić information content (AvgIpc) is 2.45. The number of halogens is 1. The molecule has 0 atom stereocenters. The highest BCUT2D eigenvalue weighted by atomic mass is 79.9. The molecule has 1 aromatic heterocycles. The molecular formula is C11H10BrNOS. The summed E-state index contributed by atoms with van der Waals surface area (Å²) in [4.78, 5) is 5.51. The second-order valence-corrected chi connectivity index (χ2v) is 5.26. The molecule has 1 aromatic carbocycles. The summed E-state index contributed by atoms with van der Waals surface area (Å²) in [7, 11) is 0. The van der Waals surface area contributed by atoms with Gasteiger partial charge in [0.05, 0.1) is 5.69 Å². The topological polar surface area (TPSA) is 22.1 Å². The second-order valence-electron chi connectivity index (χ2n) is 3.18. The SMILES string of the molecule is Cc1nc(Oc2cccc(Br)c2)sc1C. The van der Waals surface area contributed by atoms with Gasteiger partial charge in [0.15, 0.2) is 0 Å². The molecule has 0 saturated carbocycles. The third-order valence-corrected chi connectivity index (χ3v) is 3.45. The van der Waals surface area contributed by atoms with E-state index in [-0.39, 0.29) is 0 Å². The maximum Gasteiger partial charge on any atom is 0.279 e. The van der Waals surface area contributed by atoms with Gasteiger partial charge in [-0.3, -0.25) is 0 Å². The first-order valence-electron chi connectivity index (χ1n) is 4.52. The van der Waals surface area contributed by atoms with Crippen LogP contribution in [-0.4, -0.2) is 4.98 Å². The number of thiazole rings is 1. The molecule has 2 rings (SSSR count). The van der Waals surface area contributed by atoms with Crippen LogP contribution in [0.5, 0.6) is 10.9 Å². The molecule has 0 aliphatic carbocycles. The van der Waals surface area contributed by atoms with Crippen molar-refractivity contribution in [2.45, 2.75) is 13.8 Å². The largest absolute Gasteiger partial charge is 0.431 e. The summed E-state index contributed by atoms with van der Waals surface area (Å²) in [5.74, 6) is 0.804. The summed E-state index contributed by atoms with van der Waals surface area (Å²) in [5.41, 5.74) is 1.03. The van der Waals surface area contributed by atoms with Crippen molar-refractivity contribution >= 4 is 27.3 Å². The van der Waals surface area contributed by atoms with Gasteiger partial charge in [0.25, 0.3) is 5.19 Å². The van der Waals surface area contributed by atoms with E-state index in [0.29, 0.717) is 5.19 Å². The molecule has 0 radical (unpaired) electrons. The molecule has 0 N–H and O–H groups in total. The van der Waals surface area contributed by atoms with Crippen LogP contribution < -0.4 is 4.74 Å². The lowest BCUT2D eigenvalue weighted by Crippen LogP contribution is -1.82. The Balaban J connectivity index is 2.22. The van der Waals surface area contributed by atoms with Crippen LogP contribution in [-0.2, 0) is 0 Å². The summed E-state index contributed by atoms with van der Waals surface area (Å²) in [6, 6.07) is 7.74. The van der Waals surface area contributed by atoms with Crippen LogP contribution in [0.25, 0.3) is 0 Å². The van der Waals surface area contributed by atoms with Crippen molar-refractivity contribution in [1.82, 2.24) is 4.98 Å². The van der Waals surface area contributed by atoms with E-state index in [1.165, 1.54) is 4.88 Å². The van der Waals surface area contributed by atoms with Crippen molar-refractivity contribution in [3.8, 4) is 10.9 Å². The van der Waals surface area contributed by atoms with Crippen LogP contribution >= 0.6 is 27.3 Å². The molecule has 0 fully saturated rings. The number of aryl methyl sites for hydroxylation is 2. The number of nitrogens with zero attached hydrogens (tertiary/aromatic N) is 1. The van der Waals surface area contributed by atoms with E-state index in [9.17, 15) is 0 Å².